The van der Waals surface area contributed by atoms with Crippen LogP contribution in [-0.2, 0) is 5.41 Å². The third-order valence-corrected chi connectivity index (χ3v) is 6.41. The summed E-state index contributed by atoms with van der Waals surface area (Å²) in [4.78, 5) is 2.75. The number of likely N-dealkylation sites (tertiary alicyclic amines) is 1. The monoisotopic (exact) mass is 373 g/mol. The summed E-state index contributed by atoms with van der Waals surface area (Å²) in [6, 6.07) is 9.60. The Bertz CT molecular complexity index is 560. The molecule has 1 heterocycles. The lowest BCUT2D eigenvalue weighted by Gasteiger charge is -2.40. The lowest BCUT2D eigenvalue weighted by molar-refractivity contribution is 0.132. The van der Waals surface area contributed by atoms with E-state index in [4.69, 9.17) is 0 Å². The van der Waals surface area contributed by atoms with E-state index in [2.05, 4.69) is 79.1 Å². The Morgan fingerprint density at radius 3 is 2.35 bits per heavy atom. The summed E-state index contributed by atoms with van der Waals surface area (Å²) in [7, 11) is 2.79. The maximum atomic E-state index is 2.79. The van der Waals surface area contributed by atoms with Gasteiger partial charge in [-0.1, -0.05) is 75.9 Å². The predicted octanol–water partition coefficient (Wildman–Crippen LogP) is 6.09. The number of hydrogen-bond donors (Lipinski definition) is 0. The molecule has 1 fully saturated rings. The molecule has 0 aromatic heterocycles. The second kappa shape index (κ2) is 10.0. The quantitative estimate of drug-likeness (QED) is 0.393. The van der Waals surface area contributed by atoms with E-state index in [9.17, 15) is 0 Å². The van der Waals surface area contributed by atoms with Gasteiger partial charge in [0.2, 0.25) is 0 Å². The highest BCUT2D eigenvalue weighted by atomic mass is 31.0. The summed E-state index contributed by atoms with van der Waals surface area (Å²) < 4.78 is 0. The maximum Gasteiger partial charge on any atom is 0.0288 e. The van der Waals surface area contributed by atoms with Gasteiger partial charge in [0.05, 0.1) is 0 Å². The number of allylic oxidation sites excluding steroid dienone is 1. The van der Waals surface area contributed by atoms with E-state index in [0.29, 0.717) is 6.04 Å². The van der Waals surface area contributed by atoms with Gasteiger partial charge in [-0.25, -0.2) is 0 Å². The number of rotatable bonds is 8. The molecule has 0 bridgehead atoms. The van der Waals surface area contributed by atoms with Crippen LogP contribution in [0, 0.1) is 5.92 Å². The molecule has 2 rings (SSSR count). The SMILES string of the molecule is CCCCC1CCN(C(C=C(C)C)CC(C)(C)c2ccc(P)cc2)CC1. The Balaban J connectivity index is 2.06. The van der Waals surface area contributed by atoms with E-state index in [1.165, 1.54) is 68.1 Å². The van der Waals surface area contributed by atoms with Crippen LogP contribution in [-0.4, -0.2) is 24.0 Å². The average Bonchev–Trinajstić information content (AvgIpc) is 2.59. The molecule has 26 heavy (non-hydrogen) atoms. The number of piperidine rings is 1. The molecule has 1 aromatic carbocycles. The fourth-order valence-corrected chi connectivity index (χ4v) is 4.51. The van der Waals surface area contributed by atoms with Crippen LogP contribution in [0.15, 0.2) is 35.9 Å². The fraction of sp³-hybridized carbons (Fsp3) is 0.667. The zero-order chi connectivity index (χ0) is 19.2. The van der Waals surface area contributed by atoms with Gasteiger partial charge in [0.15, 0.2) is 0 Å². The van der Waals surface area contributed by atoms with Gasteiger partial charge >= 0.3 is 0 Å². The van der Waals surface area contributed by atoms with Gasteiger partial charge < -0.3 is 0 Å². The van der Waals surface area contributed by atoms with Crippen molar-refractivity contribution in [2.45, 2.75) is 84.6 Å². The Hall–Kier alpha value is -0.650. The van der Waals surface area contributed by atoms with Crippen molar-refractivity contribution in [2.24, 2.45) is 5.92 Å². The van der Waals surface area contributed by atoms with E-state index in [-0.39, 0.29) is 5.41 Å². The highest BCUT2D eigenvalue weighted by Gasteiger charge is 2.30. The van der Waals surface area contributed by atoms with Crippen LogP contribution < -0.4 is 5.30 Å². The predicted molar refractivity (Wildman–Crippen MR) is 120 cm³/mol. The van der Waals surface area contributed by atoms with Gasteiger partial charge in [0, 0.05) is 6.04 Å². The zero-order valence-corrected chi connectivity index (χ0v) is 18.9. The molecule has 0 N–H and O–H groups in total. The number of hydrogen-bond acceptors (Lipinski definition) is 1. The molecule has 0 spiro atoms. The standard InChI is InChI=1S/C24H40NP/c1-6-7-8-20-13-15-25(16-14-20)22(17-19(2)3)18-24(4,5)21-9-11-23(26)12-10-21/h9-12,17,20,22H,6-8,13-16,18,26H2,1-5H3. The van der Waals surface area contributed by atoms with Crippen LogP contribution in [0.3, 0.4) is 0 Å². The van der Waals surface area contributed by atoms with Crippen LogP contribution in [0.1, 0.15) is 78.7 Å². The molecular formula is C24H40NP. The van der Waals surface area contributed by atoms with Crippen molar-refractivity contribution in [3.63, 3.8) is 0 Å². The minimum Gasteiger partial charge on any atom is -0.297 e. The average molecular weight is 374 g/mol. The van der Waals surface area contributed by atoms with Crippen molar-refractivity contribution in [1.82, 2.24) is 4.90 Å². The number of nitrogens with zero attached hydrogens (tertiary/aromatic N) is 1. The van der Waals surface area contributed by atoms with Crippen molar-refractivity contribution in [2.75, 3.05) is 13.1 Å². The van der Waals surface area contributed by atoms with E-state index in [1.807, 2.05) is 0 Å². The van der Waals surface area contributed by atoms with Crippen molar-refractivity contribution >= 4 is 14.5 Å². The molecule has 2 heteroatoms. The van der Waals surface area contributed by atoms with E-state index < -0.39 is 0 Å². The second-order valence-corrected chi connectivity index (χ2v) is 9.81. The Kier molecular flexibility index (Phi) is 8.37. The van der Waals surface area contributed by atoms with Crippen molar-refractivity contribution in [3.8, 4) is 0 Å². The summed E-state index contributed by atoms with van der Waals surface area (Å²) in [5.41, 5.74) is 3.08. The minimum absolute atomic E-state index is 0.189. The topological polar surface area (TPSA) is 3.24 Å². The van der Waals surface area contributed by atoms with Crippen LogP contribution in [0.25, 0.3) is 0 Å². The van der Waals surface area contributed by atoms with Crippen LogP contribution in [0.5, 0.6) is 0 Å². The summed E-state index contributed by atoms with van der Waals surface area (Å²) in [5.74, 6) is 0.959. The fourth-order valence-electron chi connectivity index (χ4n) is 4.32. The molecule has 0 radical (unpaired) electrons. The maximum absolute atomic E-state index is 2.79. The van der Waals surface area contributed by atoms with E-state index >= 15 is 0 Å². The van der Waals surface area contributed by atoms with Crippen molar-refractivity contribution < 1.29 is 0 Å². The molecule has 1 nitrogen and oxygen atoms in total. The molecule has 146 valence electrons. The highest BCUT2D eigenvalue weighted by molar-refractivity contribution is 7.27. The van der Waals surface area contributed by atoms with Crippen LogP contribution in [0.2, 0.25) is 0 Å². The van der Waals surface area contributed by atoms with Gasteiger partial charge in [-0.15, -0.1) is 9.24 Å². The molecule has 1 aliphatic rings. The Morgan fingerprint density at radius 1 is 1.19 bits per heavy atom. The van der Waals surface area contributed by atoms with Crippen molar-refractivity contribution in [1.29, 1.82) is 0 Å². The minimum atomic E-state index is 0.189. The van der Waals surface area contributed by atoms with Crippen molar-refractivity contribution in [3.05, 3.63) is 41.5 Å². The van der Waals surface area contributed by atoms with E-state index in [1.54, 1.807) is 0 Å². The third kappa shape index (κ3) is 6.50. The van der Waals surface area contributed by atoms with Gasteiger partial charge in [-0.2, -0.15) is 0 Å². The molecule has 1 aromatic rings. The first-order valence-corrected chi connectivity index (χ1v) is 11.1. The van der Waals surface area contributed by atoms with Gasteiger partial charge in [-0.05, 0) is 68.4 Å². The van der Waals surface area contributed by atoms with Crippen LogP contribution in [0.4, 0.5) is 0 Å². The molecule has 1 saturated heterocycles. The molecule has 0 aliphatic carbocycles. The molecule has 0 saturated carbocycles. The van der Waals surface area contributed by atoms with Crippen LogP contribution >= 0.6 is 9.24 Å². The second-order valence-electron chi connectivity index (χ2n) is 9.14. The normalized spacial score (nSPS) is 17.9. The van der Waals surface area contributed by atoms with Gasteiger partial charge in [0.1, 0.15) is 0 Å². The zero-order valence-electron chi connectivity index (χ0n) is 17.7. The molecule has 1 aliphatic heterocycles. The summed E-state index contributed by atoms with van der Waals surface area (Å²) in [6.45, 7) is 14.2. The molecule has 2 atom stereocenters. The largest absolute Gasteiger partial charge is 0.297 e. The Morgan fingerprint density at radius 2 is 1.81 bits per heavy atom. The first kappa shape index (κ1) is 21.6. The summed E-state index contributed by atoms with van der Waals surface area (Å²) >= 11 is 0. The van der Waals surface area contributed by atoms with Gasteiger partial charge in [-0.3, -0.25) is 4.90 Å². The summed E-state index contributed by atoms with van der Waals surface area (Å²) in [5, 5.41) is 1.26. The lowest BCUT2D eigenvalue weighted by Crippen LogP contribution is -2.43. The summed E-state index contributed by atoms with van der Waals surface area (Å²) in [6.07, 6.45) is 10.6. The van der Waals surface area contributed by atoms with Gasteiger partial charge in [0.25, 0.3) is 0 Å². The number of benzene rings is 1. The van der Waals surface area contributed by atoms with E-state index in [0.717, 1.165) is 5.92 Å². The highest BCUT2D eigenvalue weighted by Crippen LogP contribution is 2.33. The smallest absolute Gasteiger partial charge is 0.0288 e. The lowest BCUT2D eigenvalue weighted by atomic mass is 9.78. The first-order chi connectivity index (χ1) is 12.3. The molecule has 0 amide bonds. The number of unbranched alkanes of at least 4 members (excludes halogenated alkanes) is 1. The molecule has 2 unspecified atom stereocenters. The first-order valence-electron chi connectivity index (χ1n) is 10.6. The third-order valence-electron chi connectivity index (χ3n) is 6.02. The Labute approximate surface area is 164 Å². The molecular weight excluding hydrogens is 333 g/mol.